The van der Waals surface area contributed by atoms with Crippen molar-refractivity contribution in [3.8, 4) is 0 Å². The number of carboxylic acids is 1. The number of hydrogen-bond donors (Lipinski definition) is 1. The van der Waals surface area contributed by atoms with Crippen molar-refractivity contribution in [3.05, 3.63) is 18.0 Å². The lowest BCUT2D eigenvalue weighted by Gasteiger charge is -2.37. The molecule has 6 nitrogen and oxygen atoms in total. The summed E-state index contributed by atoms with van der Waals surface area (Å²) in [5.74, 6) is -0.911. The van der Waals surface area contributed by atoms with Gasteiger partial charge in [-0.05, 0) is 38.7 Å². The van der Waals surface area contributed by atoms with Gasteiger partial charge in [-0.25, -0.2) is 0 Å². The van der Waals surface area contributed by atoms with E-state index in [0.717, 1.165) is 19.3 Å². The highest BCUT2D eigenvalue weighted by molar-refractivity contribution is 5.93. The molecule has 6 heteroatoms. The highest BCUT2D eigenvalue weighted by atomic mass is 16.4. The minimum Gasteiger partial charge on any atom is -0.481 e. The van der Waals surface area contributed by atoms with E-state index in [2.05, 4.69) is 5.10 Å². The molecule has 0 bridgehead atoms. The van der Waals surface area contributed by atoms with Gasteiger partial charge >= 0.3 is 5.97 Å². The predicted octanol–water partition coefficient (Wildman–Crippen LogP) is 2.33. The topological polar surface area (TPSA) is 75.4 Å². The second kappa shape index (κ2) is 5.74. The van der Waals surface area contributed by atoms with Gasteiger partial charge in [0, 0.05) is 19.3 Å². The number of carbonyl (C=O) groups excluding carboxylic acids is 1. The highest BCUT2D eigenvalue weighted by Gasteiger charge is 2.40. The Hall–Kier alpha value is -1.85. The molecule has 0 radical (unpaired) electrons. The number of carboxylic acid groups (broad SMARTS) is 1. The highest BCUT2D eigenvalue weighted by Crippen LogP contribution is 2.32. The van der Waals surface area contributed by atoms with Crippen LogP contribution in [0.1, 0.15) is 62.0 Å². The van der Waals surface area contributed by atoms with Crippen LogP contribution in [0.25, 0.3) is 0 Å². The first-order chi connectivity index (χ1) is 10.5. The molecule has 1 N–H and O–H groups in total. The molecule has 2 aliphatic rings. The fourth-order valence-electron chi connectivity index (χ4n) is 3.67. The van der Waals surface area contributed by atoms with Crippen molar-refractivity contribution >= 4 is 11.9 Å². The molecule has 1 saturated heterocycles. The number of piperidine rings is 1. The van der Waals surface area contributed by atoms with Crippen molar-refractivity contribution in [1.29, 1.82) is 0 Å². The largest absolute Gasteiger partial charge is 0.481 e. The fraction of sp³-hybridized carbons (Fsp3) is 0.688. The third kappa shape index (κ3) is 2.62. The molecule has 3 rings (SSSR count). The summed E-state index contributed by atoms with van der Waals surface area (Å²) in [6, 6.07) is 2.07. The first-order valence-electron chi connectivity index (χ1n) is 8.07. The zero-order valence-electron chi connectivity index (χ0n) is 13.0. The van der Waals surface area contributed by atoms with Gasteiger partial charge in [-0.15, -0.1) is 0 Å². The van der Waals surface area contributed by atoms with Crippen LogP contribution in [0.15, 0.2) is 12.3 Å². The molecule has 1 aliphatic heterocycles. The molecule has 1 amide bonds. The summed E-state index contributed by atoms with van der Waals surface area (Å²) in [4.78, 5) is 26.0. The van der Waals surface area contributed by atoms with E-state index in [9.17, 15) is 14.7 Å². The number of aliphatic carboxylic acids is 1. The monoisotopic (exact) mass is 305 g/mol. The number of aromatic nitrogens is 2. The predicted molar refractivity (Wildman–Crippen MR) is 80.6 cm³/mol. The summed E-state index contributed by atoms with van der Waals surface area (Å²) < 4.78 is 1.85. The standard InChI is InChI=1S/C16H23N3O3/c1-16(15(21)22)8-4-10-18(11-16)14(20)13-7-9-17-19(13)12-5-2-3-6-12/h7,9,12H,2-6,8,10-11H2,1H3,(H,21,22). The Kier molecular flexibility index (Phi) is 3.93. The second-order valence-corrected chi connectivity index (χ2v) is 6.80. The summed E-state index contributed by atoms with van der Waals surface area (Å²) in [5, 5.41) is 13.7. The van der Waals surface area contributed by atoms with Gasteiger partial charge in [-0.2, -0.15) is 5.10 Å². The number of rotatable bonds is 3. The Balaban J connectivity index is 1.79. The van der Waals surface area contributed by atoms with Gasteiger partial charge in [0.1, 0.15) is 5.69 Å². The first kappa shape index (κ1) is 15.1. The quantitative estimate of drug-likeness (QED) is 0.930. The van der Waals surface area contributed by atoms with Crippen molar-refractivity contribution < 1.29 is 14.7 Å². The smallest absolute Gasteiger partial charge is 0.311 e. The number of nitrogens with zero attached hydrogens (tertiary/aromatic N) is 3. The maximum atomic E-state index is 12.8. The average Bonchev–Trinajstić information content (AvgIpc) is 3.17. The molecule has 1 aromatic heterocycles. The van der Waals surface area contributed by atoms with Gasteiger partial charge in [0.25, 0.3) is 5.91 Å². The summed E-state index contributed by atoms with van der Waals surface area (Å²) in [5.41, 5.74) is -0.243. The van der Waals surface area contributed by atoms with Crippen molar-refractivity contribution in [1.82, 2.24) is 14.7 Å². The average molecular weight is 305 g/mol. The normalized spacial score (nSPS) is 26.3. The van der Waals surface area contributed by atoms with Crippen LogP contribution in [-0.2, 0) is 4.79 Å². The summed E-state index contributed by atoms with van der Waals surface area (Å²) in [7, 11) is 0. The number of amides is 1. The van der Waals surface area contributed by atoms with Crippen LogP contribution in [0.2, 0.25) is 0 Å². The van der Waals surface area contributed by atoms with Crippen molar-refractivity contribution in [3.63, 3.8) is 0 Å². The Labute approximate surface area is 130 Å². The van der Waals surface area contributed by atoms with Crippen molar-refractivity contribution in [2.45, 2.75) is 51.5 Å². The van der Waals surface area contributed by atoms with E-state index in [-0.39, 0.29) is 12.5 Å². The van der Waals surface area contributed by atoms with Crippen LogP contribution < -0.4 is 0 Å². The van der Waals surface area contributed by atoms with E-state index in [1.54, 1.807) is 24.1 Å². The molecule has 2 heterocycles. The lowest BCUT2D eigenvalue weighted by atomic mass is 9.82. The molecule has 120 valence electrons. The third-order valence-corrected chi connectivity index (χ3v) is 5.06. The van der Waals surface area contributed by atoms with Gasteiger partial charge in [0.05, 0.1) is 11.5 Å². The van der Waals surface area contributed by atoms with E-state index in [1.807, 2.05) is 4.68 Å². The van der Waals surface area contributed by atoms with E-state index >= 15 is 0 Å². The van der Waals surface area contributed by atoms with Gasteiger partial charge in [0.2, 0.25) is 0 Å². The molecule has 22 heavy (non-hydrogen) atoms. The fourth-order valence-corrected chi connectivity index (χ4v) is 3.67. The van der Waals surface area contributed by atoms with E-state index in [4.69, 9.17) is 0 Å². The SMILES string of the molecule is CC1(C(=O)O)CCCN(C(=O)c2ccnn2C2CCCC2)C1. The van der Waals surface area contributed by atoms with Gasteiger partial charge in [-0.3, -0.25) is 14.3 Å². The van der Waals surface area contributed by atoms with Gasteiger partial charge in [0.15, 0.2) is 0 Å². The minimum atomic E-state index is -0.841. The minimum absolute atomic E-state index is 0.0865. The first-order valence-corrected chi connectivity index (χ1v) is 8.07. The maximum absolute atomic E-state index is 12.8. The molecule has 1 aromatic rings. The molecule has 1 unspecified atom stereocenters. The lowest BCUT2D eigenvalue weighted by Crippen LogP contribution is -2.48. The summed E-state index contributed by atoms with van der Waals surface area (Å²) in [6.07, 6.45) is 7.51. The molecule has 0 spiro atoms. The molecule has 1 atom stereocenters. The van der Waals surface area contributed by atoms with Crippen LogP contribution in [0.4, 0.5) is 0 Å². The number of carbonyl (C=O) groups is 2. The van der Waals surface area contributed by atoms with Crippen LogP contribution in [0, 0.1) is 5.41 Å². The second-order valence-electron chi connectivity index (χ2n) is 6.80. The van der Waals surface area contributed by atoms with E-state index in [1.165, 1.54) is 12.8 Å². The lowest BCUT2D eigenvalue weighted by molar-refractivity contribution is -0.150. The van der Waals surface area contributed by atoms with Gasteiger partial charge in [-0.1, -0.05) is 12.8 Å². The Morgan fingerprint density at radius 3 is 2.73 bits per heavy atom. The van der Waals surface area contributed by atoms with Crippen LogP contribution in [-0.4, -0.2) is 44.8 Å². The molecular weight excluding hydrogens is 282 g/mol. The number of likely N-dealkylation sites (tertiary alicyclic amines) is 1. The van der Waals surface area contributed by atoms with Crippen LogP contribution in [0.3, 0.4) is 0 Å². The molecule has 2 fully saturated rings. The van der Waals surface area contributed by atoms with Crippen LogP contribution >= 0.6 is 0 Å². The van der Waals surface area contributed by atoms with Crippen LogP contribution in [0.5, 0.6) is 0 Å². The molecule has 1 saturated carbocycles. The maximum Gasteiger partial charge on any atom is 0.311 e. The van der Waals surface area contributed by atoms with Crippen molar-refractivity contribution in [2.75, 3.05) is 13.1 Å². The summed E-state index contributed by atoms with van der Waals surface area (Å²) >= 11 is 0. The van der Waals surface area contributed by atoms with Crippen molar-refractivity contribution in [2.24, 2.45) is 5.41 Å². The van der Waals surface area contributed by atoms with E-state index in [0.29, 0.717) is 24.7 Å². The Morgan fingerprint density at radius 2 is 2.05 bits per heavy atom. The molecule has 1 aliphatic carbocycles. The zero-order valence-corrected chi connectivity index (χ0v) is 13.0. The number of hydrogen-bond acceptors (Lipinski definition) is 3. The Morgan fingerprint density at radius 1 is 1.32 bits per heavy atom. The summed E-state index contributed by atoms with van der Waals surface area (Å²) in [6.45, 7) is 2.62. The van der Waals surface area contributed by atoms with Gasteiger partial charge < -0.3 is 10.0 Å². The third-order valence-electron chi connectivity index (χ3n) is 5.06. The molecule has 0 aromatic carbocycles. The Bertz CT molecular complexity index is 577. The zero-order chi connectivity index (χ0) is 15.7. The van der Waals surface area contributed by atoms with E-state index < -0.39 is 11.4 Å². The molecular formula is C16H23N3O3.